The first kappa shape index (κ1) is 14.8. The second-order valence-electron chi connectivity index (χ2n) is 3.82. The lowest BCUT2D eigenvalue weighted by Gasteiger charge is -2.13. The summed E-state index contributed by atoms with van der Waals surface area (Å²) in [5.41, 5.74) is 0.534. The number of carbonyl (C=O) groups excluding carboxylic acids is 1. The van der Waals surface area contributed by atoms with Gasteiger partial charge in [-0.05, 0) is 26.3 Å². The number of ketones is 1. The van der Waals surface area contributed by atoms with Crippen molar-refractivity contribution >= 4 is 17.4 Å². The van der Waals surface area contributed by atoms with Crippen LogP contribution in [0.4, 0.5) is 0 Å². The number of hydrogen-bond acceptors (Lipinski definition) is 3. The fourth-order valence-corrected chi connectivity index (χ4v) is 1.87. The summed E-state index contributed by atoms with van der Waals surface area (Å²) in [6.07, 6.45) is 1.29. The third-order valence-corrected chi connectivity index (χ3v) is 2.71. The Morgan fingerprint density at radius 3 is 2.28 bits per heavy atom. The van der Waals surface area contributed by atoms with Crippen LogP contribution in [0.2, 0.25) is 5.02 Å². The van der Waals surface area contributed by atoms with Gasteiger partial charge in [0.25, 0.3) is 0 Å². The number of halogens is 1. The molecular weight excluding hydrogens is 252 g/mol. The number of hydrogen-bond donors (Lipinski definition) is 0. The van der Waals surface area contributed by atoms with E-state index < -0.39 is 0 Å². The van der Waals surface area contributed by atoms with E-state index in [0.29, 0.717) is 41.7 Å². The van der Waals surface area contributed by atoms with Crippen molar-refractivity contribution in [3.8, 4) is 11.5 Å². The van der Waals surface area contributed by atoms with Crippen molar-refractivity contribution in [2.45, 2.75) is 33.6 Å². The molecule has 4 heteroatoms. The average Bonchev–Trinajstić information content (AvgIpc) is 2.34. The molecule has 18 heavy (non-hydrogen) atoms. The molecule has 0 aliphatic rings. The molecule has 0 amide bonds. The van der Waals surface area contributed by atoms with E-state index in [-0.39, 0.29) is 5.78 Å². The van der Waals surface area contributed by atoms with Crippen molar-refractivity contribution in [3.63, 3.8) is 0 Å². The predicted molar refractivity (Wildman–Crippen MR) is 73.0 cm³/mol. The minimum Gasteiger partial charge on any atom is -0.493 e. The highest BCUT2D eigenvalue weighted by molar-refractivity contribution is 6.32. The smallest absolute Gasteiger partial charge is 0.166 e. The normalized spacial score (nSPS) is 10.2. The molecule has 0 atom stereocenters. The molecule has 0 saturated heterocycles. The Hall–Kier alpha value is -1.22. The molecule has 0 unspecified atom stereocenters. The van der Waals surface area contributed by atoms with Crippen LogP contribution in [0.15, 0.2) is 12.1 Å². The van der Waals surface area contributed by atoms with Gasteiger partial charge in [0.15, 0.2) is 5.78 Å². The maximum absolute atomic E-state index is 12.0. The SMILES string of the molecule is CCCC(=O)c1cc(Cl)c(OCC)cc1OCC. The second-order valence-corrected chi connectivity index (χ2v) is 4.23. The summed E-state index contributed by atoms with van der Waals surface area (Å²) in [6.45, 7) is 6.75. The number of benzene rings is 1. The predicted octanol–water partition coefficient (Wildman–Crippen LogP) is 4.12. The monoisotopic (exact) mass is 270 g/mol. The van der Waals surface area contributed by atoms with E-state index in [1.165, 1.54) is 0 Å². The van der Waals surface area contributed by atoms with E-state index >= 15 is 0 Å². The molecule has 0 heterocycles. The zero-order valence-electron chi connectivity index (χ0n) is 11.1. The molecule has 0 fully saturated rings. The molecule has 0 bridgehead atoms. The van der Waals surface area contributed by atoms with Crippen molar-refractivity contribution in [1.82, 2.24) is 0 Å². The quantitative estimate of drug-likeness (QED) is 0.699. The zero-order chi connectivity index (χ0) is 13.5. The van der Waals surface area contributed by atoms with Crippen LogP contribution in [0.5, 0.6) is 11.5 Å². The summed E-state index contributed by atoms with van der Waals surface area (Å²) >= 11 is 6.09. The fourth-order valence-electron chi connectivity index (χ4n) is 1.66. The fraction of sp³-hybridized carbons (Fsp3) is 0.500. The molecule has 0 N–H and O–H groups in total. The molecule has 0 aromatic heterocycles. The highest BCUT2D eigenvalue weighted by Crippen LogP contribution is 2.33. The maximum atomic E-state index is 12.0. The summed E-state index contributed by atoms with van der Waals surface area (Å²) in [4.78, 5) is 12.0. The first-order valence-electron chi connectivity index (χ1n) is 6.26. The Labute approximate surface area is 113 Å². The first-order chi connectivity index (χ1) is 8.63. The van der Waals surface area contributed by atoms with E-state index in [1.54, 1.807) is 12.1 Å². The van der Waals surface area contributed by atoms with E-state index in [0.717, 1.165) is 6.42 Å². The summed E-state index contributed by atoms with van der Waals surface area (Å²) in [5.74, 6) is 1.14. The van der Waals surface area contributed by atoms with Gasteiger partial charge in [0.2, 0.25) is 0 Å². The second kappa shape index (κ2) is 7.27. The van der Waals surface area contributed by atoms with Crippen molar-refractivity contribution in [1.29, 1.82) is 0 Å². The van der Waals surface area contributed by atoms with E-state index in [1.807, 2.05) is 20.8 Å². The van der Waals surface area contributed by atoms with Gasteiger partial charge < -0.3 is 9.47 Å². The lowest BCUT2D eigenvalue weighted by Crippen LogP contribution is -2.05. The van der Waals surface area contributed by atoms with Gasteiger partial charge >= 0.3 is 0 Å². The minimum absolute atomic E-state index is 0.0471. The average molecular weight is 271 g/mol. The van der Waals surface area contributed by atoms with Crippen LogP contribution in [-0.2, 0) is 0 Å². The first-order valence-corrected chi connectivity index (χ1v) is 6.64. The molecule has 0 radical (unpaired) electrons. The van der Waals surface area contributed by atoms with Gasteiger partial charge in [-0.25, -0.2) is 0 Å². The summed E-state index contributed by atoms with van der Waals surface area (Å²) in [6, 6.07) is 3.33. The molecule has 1 aromatic rings. The zero-order valence-corrected chi connectivity index (χ0v) is 11.8. The Morgan fingerprint density at radius 2 is 1.72 bits per heavy atom. The van der Waals surface area contributed by atoms with E-state index in [9.17, 15) is 4.79 Å². The van der Waals surface area contributed by atoms with E-state index in [4.69, 9.17) is 21.1 Å². The highest BCUT2D eigenvalue weighted by atomic mass is 35.5. The Kier molecular flexibility index (Phi) is 5.99. The summed E-state index contributed by atoms with van der Waals surface area (Å²) in [5, 5.41) is 0.444. The Balaban J connectivity index is 3.15. The minimum atomic E-state index is 0.0471. The largest absolute Gasteiger partial charge is 0.493 e. The summed E-state index contributed by atoms with van der Waals surface area (Å²) in [7, 11) is 0. The van der Waals surface area contributed by atoms with Gasteiger partial charge in [0.05, 0.1) is 23.8 Å². The van der Waals surface area contributed by atoms with Crippen molar-refractivity contribution in [2.24, 2.45) is 0 Å². The topological polar surface area (TPSA) is 35.5 Å². The van der Waals surface area contributed by atoms with Gasteiger partial charge in [-0.2, -0.15) is 0 Å². The van der Waals surface area contributed by atoms with Gasteiger partial charge in [-0.1, -0.05) is 18.5 Å². The molecule has 0 aliphatic heterocycles. The molecule has 3 nitrogen and oxygen atoms in total. The molecule has 0 saturated carbocycles. The number of carbonyl (C=O) groups is 1. The van der Waals surface area contributed by atoms with Crippen LogP contribution in [0.25, 0.3) is 0 Å². The van der Waals surface area contributed by atoms with Gasteiger partial charge in [-0.15, -0.1) is 0 Å². The van der Waals surface area contributed by atoms with Gasteiger partial charge in [-0.3, -0.25) is 4.79 Å². The third-order valence-electron chi connectivity index (χ3n) is 2.41. The third kappa shape index (κ3) is 3.64. The van der Waals surface area contributed by atoms with Gasteiger partial charge in [0, 0.05) is 12.5 Å². The van der Waals surface area contributed by atoms with Crippen LogP contribution in [-0.4, -0.2) is 19.0 Å². The van der Waals surface area contributed by atoms with Crippen LogP contribution < -0.4 is 9.47 Å². The Bertz CT molecular complexity index is 416. The lowest BCUT2D eigenvalue weighted by molar-refractivity contribution is 0.0978. The highest BCUT2D eigenvalue weighted by Gasteiger charge is 2.16. The van der Waals surface area contributed by atoms with Crippen LogP contribution in [0, 0.1) is 0 Å². The maximum Gasteiger partial charge on any atom is 0.166 e. The molecule has 1 rings (SSSR count). The lowest BCUT2D eigenvalue weighted by atomic mass is 10.1. The molecule has 0 aliphatic carbocycles. The van der Waals surface area contributed by atoms with Crippen molar-refractivity contribution in [2.75, 3.05) is 13.2 Å². The van der Waals surface area contributed by atoms with Crippen LogP contribution >= 0.6 is 11.6 Å². The number of ether oxygens (including phenoxy) is 2. The van der Waals surface area contributed by atoms with Crippen LogP contribution in [0.3, 0.4) is 0 Å². The van der Waals surface area contributed by atoms with Crippen molar-refractivity contribution < 1.29 is 14.3 Å². The Morgan fingerprint density at radius 1 is 1.11 bits per heavy atom. The molecule has 0 spiro atoms. The summed E-state index contributed by atoms with van der Waals surface area (Å²) < 4.78 is 10.9. The molecular formula is C14H19ClO3. The standard InChI is InChI=1S/C14H19ClO3/c1-4-7-12(16)10-8-11(15)14(18-6-3)9-13(10)17-5-2/h8-9H,4-7H2,1-3H3. The molecule has 100 valence electrons. The number of rotatable bonds is 7. The van der Waals surface area contributed by atoms with E-state index in [2.05, 4.69) is 0 Å². The van der Waals surface area contributed by atoms with Gasteiger partial charge in [0.1, 0.15) is 11.5 Å². The molecule has 1 aromatic carbocycles. The van der Waals surface area contributed by atoms with Crippen LogP contribution in [0.1, 0.15) is 44.0 Å². The van der Waals surface area contributed by atoms with Crippen molar-refractivity contribution in [3.05, 3.63) is 22.7 Å². The number of Topliss-reactive ketones (excluding diaryl/α,β-unsaturated/α-hetero) is 1.